The van der Waals surface area contributed by atoms with Crippen LogP contribution >= 0.6 is 11.5 Å². The van der Waals surface area contributed by atoms with Gasteiger partial charge in [0, 0.05) is 17.7 Å². The monoisotopic (exact) mass is 547 g/mol. The van der Waals surface area contributed by atoms with Gasteiger partial charge in [-0.2, -0.15) is 5.10 Å². The maximum absolute atomic E-state index is 13.5. The second-order valence-corrected chi connectivity index (χ2v) is 10.9. The summed E-state index contributed by atoms with van der Waals surface area (Å²) in [5.74, 6) is -0.00109. The number of ether oxygens (including phenoxy) is 2. The first-order valence-electron chi connectivity index (χ1n) is 12.1. The molecule has 2 aromatic heterocycles. The summed E-state index contributed by atoms with van der Waals surface area (Å²) in [6.45, 7) is 5.69. The maximum atomic E-state index is 13.5. The molecule has 1 aliphatic carbocycles. The molecule has 39 heavy (non-hydrogen) atoms. The number of aryl methyl sites for hydroxylation is 1. The molecule has 14 heteroatoms. The number of hydrogen-bond donors (Lipinski definition) is 3. The van der Waals surface area contributed by atoms with E-state index in [1.165, 1.54) is 20.4 Å². The number of allylic oxidation sites excluding steroid dienone is 2. The topological polar surface area (TPSA) is 149 Å². The van der Waals surface area contributed by atoms with Crippen LogP contribution in [0.2, 0.25) is 0 Å². The zero-order valence-corrected chi connectivity index (χ0v) is 22.9. The van der Waals surface area contributed by atoms with Gasteiger partial charge < -0.3 is 14.8 Å². The predicted molar refractivity (Wildman–Crippen MR) is 144 cm³/mol. The number of fused-ring (bicyclic) bond motifs is 1. The van der Waals surface area contributed by atoms with E-state index in [1.807, 2.05) is 13.8 Å². The third-order valence-electron chi connectivity index (χ3n) is 6.74. The number of ketones is 1. The molecule has 0 bridgehead atoms. The SMILES string of the molecule is [B]c1cc(C2C3=C(CC(C)(C)CC3=O)Nc3c(C(=O)NNC(=O)c4snnc4C)cnn32)cc(OC)c1OC. The minimum absolute atomic E-state index is 0.0277. The summed E-state index contributed by atoms with van der Waals surface area (Å²) >= 11 is 0.926. The van der Waals surface area contributed by atoms with E-state index in [-0.39, 0.29) is 21.6 Å². The number of methoxy groups -OCH3 is 2. The van der Waals surface area contributed by atoms with Crippen molar-refractivity contribution < 1.29 is 23.9 Å². The fourth-order valence-electron chi connectivity index (χ4n) is 5.04. The fourth-order valence-corrected chi connectivity index (χ4v) is 5.59. The van der Waals surface area contributed by atoms with Crippen LogP contribution in [0.15, 0.2) is 29.6 Å². The van der Waals surface area contributed by atoms with E-state index in [0.29, 0.717) is 58.1 Å². The molecule has 1 atom stereocenters. The Morgan fingerprint density at radius 3 is 2.59 bits per heavy atom. The molecule has 3 N–H and O–H groups in total. The van der Waals surface area contributed by atoms with Crippen molar-refractivity contribution in [1.29, 1.82) is 0 Å². The number of aromatic nitrogens is 4. The van der Waals surface area contributed by atoms with Crippen LogP contribution in [-0.2, 0) is 4.79 Å². The van der Waals surface area contributed by atoms with Crippen molar-refractivity contribution in [2.75, 3.05) is 19.5 Å². The number of Topliss-reactive ketones (excluding diaryl/α,β-unsaturated/α-hetero) is 1. The molecule has 0 fully saturated rings. The Bertz CT molecular complexity index is 1540. The first-order chi connectivity index (χ1) is 18.5. The van der Waals surface area contributed by atoms with E-state index in [4.69, 9.17) is 17.3 Å². The van der Waals surface area contributed by atoms with Crippen LogP contribution in [0.5, 0.6) is 11.5 Å². The van der Waals surface area contributed by atoms with Gasteiger partial charge in [0.2, 0.25) is 0 Å². The summed E-state index contributed by atoms with van der Waals surface area (Å²) in [5.41, 5.74) is 7.38. The largest absolute Gasteiger partial charge is 0.493 e. The van der Waals surface area contributed by atoms with Crippen molar-refractivity contribution >= 4 is 48.3 Å². The molecular weight excluding hydrogens is 521 g/mol. The Morgan fingerprint density at radius 1 is 1.18 bits per heavy atom. The van der Waals surface area contributed by atoms with Gasteiger partial charge in [-0.1, -0.05) is 29.9 Å². The fraction of sp³-hybridized carbons (Fsp3) is 0.360. The Kier molecular flexibility index (Phi) is 6.66. The first kappa shape index (κ1) is 26.4. The van der Waals surface area contributed by atoms with Gasteiger partial charge in [0.1, 0.15) is 30.1 Å². The number of hydrogen-bond acceptors (Lipinski definition) is 10. The number of carbonyl (C=O) groups excluding carboxylic acids is 3. The van der Waals surface area contributed by atoms with Crippen LogP contribution in [0.1, 0.15) is 64.0 Å². The van der Waals surface area contributed by atoms with Gasteiger partial charge in [-0.3, -0.25) is 25.2 Å². The Balaban J connectivity index is 1.55. The van der Waals surface area contributed by atoms with Gasteiger partial charge in [0.05, 0.1) is 26.1 Å². The Morgan fingerprint density at radius 2 is 1.92 bits per heavy atom. The zero-order valence-electron chi connectivity index (χ0n) is 22.0. The Labute approximate surface area is 229 Å². The van der Waals surface area contributed by atoms with Crippen LogP contribution in [0.25, 0.3) is 0 Å². The molecule has 0 saturated carbocycles. The van der Waals surface area contributed by atoms with Gasteiger partial charge in [-0.15, -0.1) is 5.10 Å². The Hall–Kier alpha value is -4.20. The lowest BCUT2D eigenvalue weighted by atomic mass is 9.72. The molecule has 3 aromatic rings. The highest BCUT2D eigenvalue weighted by molar-refractivity contribution is 7.08. The second kappa shape index (κ2) is 9.84. The van der Waals surface area contributed by atoms with Gasteiger partial charge in [-0.25, -0.2) is 4.68 Å². The number of hydrazine groups is 1. The van der Waals surface area contributed by atoms with Crippen LogP contribution in [0, 0.1) is 12.3 Å². The molecule has 2 aliphatic rings. The number of carbonyl (C=O) groups is 3. The second-order valence-electron chi connectivity index (χ2n) is 10.2. The lowest BCUT2D eigenvalue weighted by molar-refractivity contribution is -0.118. The minimum Gasteiger partial charge on any atom is -0.493 e. The van der Waals surface area contributed by atoms with E-state index in [1.54, 1.807) is 23.7 Å². The highest BCUT2D eigenvalue weighted by Crippen LogP contribution is 2.47. The molecule has 5 rings (SSSR count). The number of nitrogens with one attached hydrogen (secondary N) is 3. The molecule has 2 amide bonds. The number of anilines is 1. The van der Waals surface area contributed by atoms with Crippen molar-refractivity contribution in [3.63, 3.8) is 0 Å². The summed E-state index contributed by atoms with van der Waals surface area (Å²) < 4.78 is 16.2. The highest BCUT2D eigenvalue weighted by atomic mass is 32.1. The van der Waals surface area contributed by atoms with Crippen molar-refractivity contribution in [1.82, 2.24) is 30.2 Å². The van der Waals surface area contributed by atoms with Gasteiger partial charge in [0.15, 0.2) is 17.3 Å². The number of rotatable bonds is 5. The van der Waals surface area contributed by atoms with Crippen molar-refractivity contribution in [3.8, 4) is 11.5 Å². The van der Waals surface area contributed by atoms with Gasteiger partial charge in [0.25, 0.3) is 11.8 Å². The molecule has 1 aliphatic heterocycles. The number of nitrogens with zero attached hydrogens (tertiary/aromatic N) is 4. The summed E-state index contributed by atoms with van der Waals surface area (Å²) in [6, 6.07) is 2.79. The highest BCUT2D eigenvalue weighted by Gasteiger charge is 2.42. The average Bonchev–Trinajstić information content (AvgIpc) is 3.50. The number of amides is 2. The van der Waals surface area contributed by atoms with E-state index >= 15 is 0 Å². The lowest BCUT2D eigenvalue weighted by Gasteiger charge is -2.39. The summed E-state index contributed by atoms with van der Waals surface area (Å²) in [5, 5.41) is 11.6. The quantitative estimate of drug-likeness (QED) is 0.320. The molecule has 1 unspecified atom stereocenters. The molecule has 1 aromatic carbocycles. The molecule has 2 radical (unpaired) electrons. The molecule has 200 valence electrons. The average molecular weight is 547 g/mol. The third-order valence-corrected chi connectivity index (χ3v) is 7.57. The van der Waals surface area contributed by atoms with Crippen LogP contribution in [-0.4, -0.2) is 59.0 Å². The minimum atomic E-state index is -0.677. The van der Waals surface area contributed by atoms with Gasteiger partial charge >= 0.3 is 0 Å². The van der Waals surface area contributed by atoms with E-state index in [2.05, 4.69) is 30.9 Å². The zero-order chi connectivity index (χ0) is 28.1. The smallest absolute Gasteiger partial charge is 0.283 e. The molecule has 0 spiro atoms. The molecular formula is C25H26BN7O5S. The van der Waals surface area contributed by atoms with Crippen molar-refractivity contribution in [3.05, 3.63) is 51.3 Å². The van der Waals surface area contributed by atoms with Crippen LogP contribution in [0.3, 0.4) is 0 Å². The molecule has 0 saturated heterocycles. The molecule has 12 nitrogen and oxygen atoms in total. The van der Waals surface area contributed by atoms with E-state index in [9.17, 15) is 14.4 Å². The van der Waals surface area contributed by atoms with Crippen molar-refractivity contribution in [2.45, 2.75) is 39.7 Å². The van der Waals surface area contributed by atoms with Gasteiger partial charge in [-0.05, 0) is 41.9 Å². The third kappa shape index (κ3) is 4.64. The van der Waals surface area contributed by atoms with E-state index < -0.39 is 17.9 Å². The van der Waals surface area contributed by atoms with Crippen LogP contribution < -0.4 is 31.1 Å². The molecule has 3 heterocycles. The van der Waals surface area contributed by atoms with E-state index in [0.717, 1.165) is 11.5 Å². The first-order valence-corrected chi connectivity index (χ1v) is 12.8. The summed E-state index contributed by atoms with van der Waals surface area (Å²) in [7, 11) is 9.29. The summed E-state index contributed by atoms with van der Waals surface area (Å²) in [4.78, 5) is 39.4. The maximum Gasteiger partial charge on any atom is 0.283 e. The standard InChI is InChI=1S/C25H26BN7O5S/c1-11-21(39-32-29-11)24(36)31-30-23(35)13-10-27-33-19(12-6-14(26)20(38-5)17(7-12)37-4)18-15(28-22(13)33)8-25(2,3)9-16(18)34/h6-7,10,19,28H,8-9H2,1-5H3,(H,30,35)(H,31,36). The summed E-state index contributed by atoms with van der Waals surface area (Å²) in [6.07, 6.45) is 2.32. The van der Waals surface area contributed by atoms with Crippen molar-refractivity contribution in [2.24, 2.45) is 5.41 Å². The normalized spacial score (nSPS) is 17.6. The van der Waals surface area contributed by atoms with Crippen LogP contribution in [0.4, 0.5) is 5.82 Å². The predicted octanol–water partition coefficient (Wildman–Crippen LogP) is 1.59. The lowest BCUT2D eigenvalue weighted by Crippen LogP contribution is -2.42. The number of benzene rings is 1.